The van der Waals surface area contributed by atoms with Crippen molar-refractivity contribution in [2.75, 3.05) is 11.9 Å². The van der Waals surface area contributed by atoms with Gasteiger partial charge in [0, 0.05) is 13.1 Å². The molecule has 0 radical (unpaired) electrons. The van der Waals surface area contributed by atoms with Gasteiger partial charge >= 0.3 is 0 Å². The lowest BCUT2D eigenvalue weighted by molar-refractivity contribution is 0.0945. The highest BCUT2D eigenvalue weighted by molar-refractivity contribution is 5.92. The van der Waals surface area contributed by atoms with Crippen molar-refractivity contribution in [3.05, 3.63) is 89.4 Å². The number of nitrogens with zero attached hydrogens (tertiary/aromatic N) is 2. The smallest absolute Gasteiger partial charge is 0.272 e. The summed E-state index contributed by atoms with van der Waals surface area (Å²) in [7, 11) is 0. The van der Waals surface area contributed by atoms with Gasteiger partial charge in [0.25, 0.3) is 5.91 Å². The number of anilines is 1. The molecule has 132 valence electrons. The zero-order chi connectivity index (χ0) is 18.2. The number of hydrogen-bond donors (Lipinski definition) is 2. The van der Waals surface area contributed by atoms with Crippen LogP contribution in [0.5, 0.6) is 0 Å². The summed E-state index contributed by atoms with van der Waals surface area (Å²) in [5, 5.41) is 13.9. The van der Waals surface area contributed by atoms with Crippen LogP contribution < -0.4 is 10.6 Å². The van der Waals surface area contributed by atoms with Crippen LogP contribution in [0.4, 0.5) is 10.2 Å². The molecule has 0 unspecified atom stereocenters. The fourth-order valence-electron chi connectivity index (χ4n) is 2.40. The van der Waals surface area contributed by atoms with E-state index in [1.165, 1.54) is 12.1 Å². The summed E-state index contributed by atoms with van der Waals surface area (Å²) in [6, 6.07) is 19.4. The molecule has 0 atom stereocenters. The minimum absolute atomic E-state index is 0.242. The van der Waals surface area contributed by atoms with Crippen LogP contribution in [0.3, 0.4) is 0 Å². The average Bonchev–Trinajstić information content (AvgIpc) is 2.69. The molecule has 0 bridgehead atoms. The summed E-state index contributed by atoms with van der Waals surface area (Å²) in [5.74, 6) is 0.0830. The zero-order valence-corrected chi connectivity index (χ0v) is 14.2. The summed E-state index contributed by atoms with van der Waals surface area (Å²) < 4.78 is 12.9. The summed E-state index contributed by atoms with van der Waals surface area (Å²) in [4.78, 5) is 12.1. The average molecular weight is 350 g/mol. The molecular formula is C20H19FN4O. The molecule has 0 saturated carbocycles. The molecule has 5 nitrogen and oxygen atoms in total. The largest absolute Gasteiger partial charge is 0.368 e. The Kier molecular flexibility index (Phi) is 5.88. The molecule has 2 aromatic carbocycles. The molecule has 26 heavy (non-hydrogen) atoms. The van der Waals surface area contributed by atoms with Crippen LogP contribution in [0.15, 0.2) is 66.7 Å². The van der Waals surface area contributed by atoms with Gasteiger partial charge in [-0.3, -0.25) is 4.79 Å². The van der Waals surface area contributed by atoms with Gasteiger partial charge in [-0.25, -0.2) is 4.39 Å². The van der Waals surface area contributed by atoms with E-state index in [-0.39, 0.29) is 17.4 Å². The zero-order valence-electron chi connectivity index (χ0n) is 14.2. The minimum Gasteiger partial charge on any atom is -0.368 e. The van der Waals surface area contributed by atoms with E-state index in [2.05, 4.69) is 20.8 Å². The normalized spacial score (nSPS) is 10.3. The molecular weight excluding hydrogens is 331 g/mol. The van der Waals surface area contributed by atoms with Crippen molar-refractivity contribution >= 4 is 11.7 Å². The minimum atomic E-state index is -0.265. The fourth-order valence-corrected chi connectivity index (χ4v) is 2.40. The summed E-state index contributed by atoms with van der Waals surface area (Å²) >= 11 is 0. The molecule has 0 aliphatic rings. The second-order valence-corrected chi connectivity index (χ2v) is 5.78. The van der Waals surface area contributed by atoms with Crippen molar-refractivity contribution in [1.29, 1.82) is 0 Å². The molecule has 1 heterocycles. The Labute approximate surface area is 151 Å². The standard InChI is InChI=1S/C20H19FN4O/c21-17-8-6-15(7-9-17)12-13-22-19-11-10-18(24-25-19)20(26)23-14-16-4-2-1-3-5-16/h1-11H,12-14H2,(H,22,25)(H,23,26). The quantitative estimate of drug-likeness (QED) is 0.687. The molecule has 3 aromatic rings. The first-order valence-electron chi connectivity index (χ1n) is 8.35. The maximum atomic E-state index is 12.9. The Morgan fingerprint density at radius 2 is 1.65 bits per heavy atom. The van der Waals surface area contributed by atoms with Gasteiger partial charge in [0.1, 0.15) is 11.6 Å². The third-order valence-corrected chi connectivity index (χ3v) is 3.83. The van der Waals surface area contributed by atoms with Gasteiger partial charge < -0.3 is 10.6 Å². The number of nitrogens with one attached hydrogen (secondary N) is 2. The lowest BCUT2D eigenvalue weighted by Gasteiger charge is -2.07. The molecule has 0 fully saturated rings. The fraction of sp³-hybridized carbons (Fsp3) is 0.150. The van der Waals surface area contributed by atoms with E-state index < -0.39 is 0 Å². The number of aromatic nitrogens is 2. The number of carbonyl (C=O) groups is 1. The van der Waals surface area contributed by atoms with Crippen LogP contribution in [-0.4, -0.2) is 22.6 Å². The maximum Gasteiger partial charge on any atom is 0.272 e. The van der Waals surface area contributed by atoms with Gasteiger partial charge in [-0.15, -0.1) is 10.2 Å². The Balaban J connectivity index is 1.46. The first-order valence-corrected chi connectivity index (χ1v) is 8.35. The molecule has 0 aliphatic carbocycles. The van der Waals surface area contributed by atoms with Gasteiger partial charge in [-0.05, 0) is 41.8 Å². The van der Waals surface area contributed by atoms with E-state index in [1.54, 1.807) is 24.3 Å². The second-order valence-electron chi connectivity index (χ2n) is 5.78. The summed E-state index contributed by atoms with van der Waals surface area (Å²) in [6.07, 6.45) is 0.737. The highest BCUT2D eigenvalue weighted by atomic mass is 19.1. The predicted molar refractivity (Wildman–Crippen MR) is 98.2 cm³/mol. The molecule has 2 N–H and O–H groups in total. The van der Waals surface area contributed by atoms with Gasteiger partial charge in [0.05, 0.1) is 0 Å². The lowest BCUT2D eigenvalue weighted by Crippen LogP contribution is -2.24. The van der Waals surface area contributed by atoms with Crippen molar-refractivity contribution in [3.8, 4) is 0 Å². The Hall–Kier alpha value is -3.28. The van der Waals surface area contributed by atoms with Crippen molar-refractivity contribution in [1.82, 2.24) is 15.5 Å². The van der Waals surface area contributed by atoms with Crippen molar-refractivity contribution in [3.63, 3.8) is 0 Å². The number of hydrogen-bond acceptors (Lipinski definition) is 4. The van der Waals surface area contributed by atoms with E-state index >= 15 is 0 Å². The monoisotopic (exact) mass is 350 g/mol. The van der Waals surface area contributed by atoms with E-state index in [1.807, 2.05) is 30.3 Å². The summed E-state index contributed by atoms with van der Waals surface area (Å²) in [5.41, 5.74) is 2.32. The topological polar surface area (TPSA) is 66.9 Å². The third kappa shape index (κ3) is 5.11. The van der Waals surface area contributed by atoms with Crippen molar-refractivity contribution in [2.45, 2.75) is 13.0 Å². The molecule has 6 heteroatoms. The third-order valence-electron chi connectivity index (χ3n) is 3.83. The molecule has 3 rings (SSSR count). The first kappa shape index (κ1) is 17.5. The molecule has 0 aliphatic heterocycles. The van der Waals surface area contributed by atoms with Crippen molar-refractivity contribution in [2.24, 2.45) is 0 Å². The van der Waals surface area contributed by atoms with E-state index in [0.717, 1.165) is 17.5 Å². The van der Waals surface area contributed by atoms with Gasteiger partial charge in [0.15, 0.2) is 5.69 Å². The van der Waals surface area contributed by atoms with Gasteiger partial charge in [-0.2, -0.15) is 0 Å². The van der Waals surface area contributed by atoms with Crippen LogP contribution in [0, 0.1) is 5.82 Å². The summed E-state index contributed by atoms with van der Waals surface area (Å²) in [6.45, 7) is 1.08. The van der Waals surface area contributed by atoms with Crippen LogP contribution in [0.1, 0.15) is 21.6 Å². The highest BCUT2D eigenvalue weighted by Crippen LogP contribution is 2.06. The molecule has 1 aromatic heterocycles. The molecule has 0 spiro atoms. The van der Waals surface area contributed by atoms with Gasteiger partial charge in [0.2, 0.25) is 0 Å². The van der Waals surface area contributed by atoms with E-state index in [9.17, 15) is 9.18 Å². The first-order chi connectivity index (χ1) is 12.7. The van der Waals surface area contributed by atoms with Crippen molar-refractivity contribution < 1.29 is 9.18 Å². The number of rotatable bonds is 7. The predicted octanol–water partition coefficient (Wildman–Crippen LogP) is 3.20. The SMILES string of the molecule is O=C(NCc1ccccc1)c1ccc(NCCc2ccc(F)cc2)nn1. The van der Waals surface area contributed by atoms with Crippen LogP contribution in [-0.2, 0) is 13.0 Å². The van der Waals surface area contributed by atoms with Crippen LogP contribution >= 0.6 is 0 Å². The van der Waals surface area contributed by atoms with Gasteiger partial charge in [-0.1, -0.05) is 42.5 Å². The number of benzene rings is 2. The number of amides is 1. The number of carbonyl (C=O) groups excluding carboxylic acids is 1. The highest BCUT2D eigenvalue weighted by Gasteiger charge is 2.07. The van der Waals surface area contributed by atoms with Crippen LogP contribution in [0.25, 0.3) is 0 Å². The van der Waals surface area contributed by atoms with E-state index in [0.29, 0.717) is 18.9 Å². The lowest BCUT2D eigenvalue weighted by atomic mass is 10.1. The maximum absolute atomic E-state index is 12.9. The van der Waals surface area contributed by atoms with Crippen LogP contribution in [0.2, 0.25) is 0 Å². The second kappa shape index (κ2) is 8.71. The Morgan fingerprint density at radius 1 is 0.885 bits per heavy atom. The molecule has 1 amide bonds. The Bertz CT molecular complexity index is 836. The Morgan fingerprint density at radius 3 is 2.35 bits per heavy atom. The molecule has 0 saturated heterocycles. The number of halogens is 1. The van der Waals surface area contributed by atoms with E-state index in [4.69, 9.17) is 0 Å².